The van der Waals surface area contributed by atoms with Gasteiger partial charge in [-0.25, -0.2) is 0 Å². The molecule has 1 unspecified atom stereocenters. The quantitative estimate of drug-likeness (QED) is 0.719. The van der Waals surface area contributed by atoms with Crippen molar-refractivity contribution in [2.24, 2.45) is 11.3 Å². The fourth-order valence-corrected chi connectivity index (χ4v) is 2.22. The highest BCUT2D eigenvalue weighted by atomic mass is 16.5. The first kappa shape index (κ1) is 13.5. The minimum atomic E-state index is -0.186. The molecule has 0 saturated carbocycles. The van der Waals surface area contributed by atoms with Gasteiger partial charge in [-0.3, -0.25) is 0 Å². The maximum absolute atomic E-state index is 8.97. The van der Waals surface area contributed by atoms with E-state index >= 15 is 0 Å². The number of likely N-dealkylation sites (tertiary alicyclic amines) is 1. The molecule has 0 aromatic heterocycles. The monoisotopic (exact) mass is 224 g/mol. The summed E-state index contributed by atoms with van der Waals surface area (Å²) in [6.45, 7) is 8.27. The maximum atomic E-state index is 8.97. The van der Waals surface area contributed by atoms with E-state index in [9.17, 15) is 0 Å². The Morgan fingerprint density at radius 1 is 1.50 bits per heavy atom. The SMILES string of the molecule is COCC1CCCN(CCC(C)(C)C#N)C1. The molecular weight excluding hydrogens is 200 g/mol. The van der Waals surface area contributed by atoms with Crippen LogP contribution in [-0.2, 0) is 4.74 Å². The Labute approximate surface area is 99.4 Å². The third kappa shape index (κ3) is 4.51. The first-order valence-corrected chi connectivity index (χ1v) is 6.20. The van der Waals surface area contributed by atoms with Crippen molar-refractivity contribution in [3.05, 3.63) is 0 Å². The van der Waals surface area contributed by atoms with Gasteiger partial charge in [0.1, 0.15) is 0 Å². The van der Waals surface area contributed by atoms with Gasteiger partial charge in [0.2, 0.25) is 0 Å². The van der Waals surface area contributed by atoms with Crippen molar-refractivity contribution >= 4 is 0 Å². The minimum Gasteiger partial charge on any atom is -0.384 e. The number of nitriles is 1. The predicted octanol–water partition coefficient (Wildman–Crippen LogP) is 2.28. The van der Waals surface area contributed by atoms with Gasteiger partial charge in [0, 0.05) is 13.7 Å². The summed E-state index contributed by atoms with van der Waals surface area (Å²) in [5.41, 5.74) is -0.186. The Hall–Kier alpha value is -0.590. The molecule has 92 valence electrons. The normalized spacial score (nSPS) is 23.0. The third-order valence-corrected chi connectivity index (χ3v) is 3.36. The largest absolute Gasteiger partial charge is 0.384 e. The highest BCUT2D eigenvalue weighted by molar-refractivity contribution is 4.92. The third-order valence-electron chi connectivity index (χ3n) is 3.36. The van der Waals surface area contributed by atoms with Crippen LogP contribution in [0.4, 0.5) is 0 Å². The van der Waals surface area contributed by atoms with Crippen molar-refractivity contribution in [3.63, 3.8) is 0 Å². The van der Waals surface area contributed by atoms with E-state index in [0.717, 1.165) is 26.1 Å². The van der Waals surface area contributed by atoms with Crippen LogP contribution in [0.25, 0.3) is 0 Å². The second-order valence-corrected chi connectivity index (χ2v) is 5.51. The zero-order chi connectivity index (χ0) is 12.0. The van der Waals surface area contributed by atoms with Crippen molar-refractivity contribution in [3.8, 4) is 6.07 Å². The summed E-state index contributed by atoms with van der Waals surface area (Å²) in [6.07, 6.45) is 3.51. The number of hydrogen-bond acceptors (Lipinski definition) is 3. The van der Waals surface area contributed by atoms with Crippen molar-refractivity contribution < 1.29 is 4.74 Å². The van der Waals surface area contributed by atoms with E-state index in [1.54, 1.807) is 7.11 Å². The van der Waals surface area contributed by atoms with Gasteiger partial charge in [0.05, 0.1) is 18.1 Å². The van der Waals surface area contributed by atoms with Crippen LogP contribution < -0.4 is 0 Å². The van der Waals surface area contributed by atoms with Crippen LogP contribution in [0.15, 0.2) is 0 Å². The van der Waals surface area contributed by atoms with E-state index in [0.29, 0.717) is 5.92 Å². The average molecular weight is 224 g/mol. The van der Waals surface area contributed by atoms with Gasteiger partial charge in [-0.2, -0.15) is 5.26 Å². The molecule has 0 bridgehead atoms. The Morgan fingerprint density at radius 2 is 2.25 bits per heavy atom. The van der Waals surface area contributed by atoms with Gasteiger partial charge >= 0.3 is 0 Å². The lowest BCUT2D eigenvalue weighted by molar-refractivity contribution is 0.0867. The number of nitrogens with zero attached hydrogens (tertiary/aromatic N) is 2. The molecular formula is C13H24N2O. The number of methoxy groups -OCH3 is 1. The standard InChI is InChI=1S/C13H24N2O/c1-13(2,11-14)6-8-15-7-4-5-12(9-15)10-16-3/h12H,4-10H2,1-3H3. The first-order chi connectivity index (χ1) is 7.57. The first-order valence-electron chi connectivity index (χ1n) is 6.20. The average Bonchev–Trinajstić information content (AvgIpc) is 2.28. The molecule has 0 amide bonds. The molecule has 0 aliphatic carbocycles. The smallest absolute Gasteiger partial charge is 0.0684 e. The van der Waals surface area contributed by atoms with E-state index in [1.165, 1.54) is 19.4 Å². The molecule has 0 N–H and O–H groups in total. The Balaban J connectivity index is 2.30. The second kappa shape index (κ2) is 6.22. The summed E-state index contributed by atoms with van der Waals surface area (Å²) in [7, 11) is 1.78. The van der Waals surface area contributed by atoms with Gasteiger partial charge in [0.25, 0.3) is 0 Å². The van der Waals surface area contributed by atoms with E-state index in [1.807, 2.05) is 13.8 Å². The van der Waals surface area contributed by atoms with Crippen LogP contribution in [0.2, 0.25) is 0 Å². The second-order valence-electron chi connectivity index (χ2n) is 5.51. The van der Waals surface area contributed by atoms with Crippen LogP contribution >= 0.6 is 0 Å². The van der Waals surface area contributed by atoms with E-state index in [4.69, 9.17) is 10.00 Å². The predicted molar refractivity (Wildman–Crippen MR) is 65.1 cm³/mol. The Bertz CT molecular complexity index is 243. The molecule has 0 aromatic carbocycles. The van der Waals surface area contributed by atoms with Crippen LogP contribution in [0.3, 0.4) is 0 Å². The molecule has 3 nitrogen and oxygen atoms in total. The summed E-state index contributed by atoms with van der Waals surface area (Å²) in [6, 6.07) is 2.37. The van der Waals surface area contributed by atoms with Crippen molar-refractivity contribution in [2.75, 3.05) is 33.4 Å². The summed E-state index contributed by atoms with van der Waals surface area (Å²) in [4.78, 5) is 2.48. The molecule has 1 atom stereocenters. The van der Waals surface area contributed by atoms with Gasteiger partial charge in [-0.1, -0.05) is 0 Å². The van der Waals surface area contributed by atoms with Crippen molar-refractivity contribution in [1.82, 2.24) is 4.90 Å². The number of hydrogen-bond donors (Lipinski definition) is 0. The molecule has 1 heterocycles. The van der Waals surface area contributed by atoms with E-state index in [-0.39, 0.29) is 5.41 Å². The van der Waals surface area contributed by atoms with Crippen LogP contribution in [-0.4, -0.2) is 38.3 Å². The van der Waals surface area contributed by atoms with Crippen molar-refractivity contribution in [2.45, 2.75) is 33.1 Å². The molecule has 3 heteroatoms. The fourth-order valence-electron chi connectivity index (χ4n) is 2.22. The summed E-state index contributed by atoms with van der Waals surface area (Å²) >= 11 is 0. The van der Waals surface area contributed by atoms with Crippen molar-refractivity contribution in [1.29, 1.82) is 5.26 Å². The maximum Gasteiger partial charge on any atom is 0.0684 e. The highest BCUT2D eigenvalue weighted by Gasteiger charge is 2.22. The van der Waals surface area contributed by atoms with Gasteiger partial charge in [-0.15, -0.1) is 0 Å². The molecule has 1 rings (SSSR count). The summed E-state index contributed by atoms with van der Waals surface area (Å²) in [5.74, 6) is 0.684. The number of rotatable bonds is 5. The number of piperidine rings is 1. The van der Waals surface area contributed by atoms with Crippen LogP contribution in [0, 0.1) is 22.7 Å². The highest BCUT2D eigenvalue weighted by Crippen LogP contribution is 2.22. The molecule has 0 radical (unpaired) electrons. The molecule has 16 heavy (non-hydrogen) atoms. The number of ether oxygens (including phenoxy) is 1. The topological polar surface area (TPSA) is 36.3 Å². The Kier molecular flexibility index (Phi) is 5.24. The van der Waals surface area contributed by atoms with Crippen LogP contribution in [0.1, 0.15) is 33.1 Å². The molecule has 1 aliphatic heterocycles. The van der Waals surface area contributed by atoms with Gasteiger partial charge < -0.3 is 9.64 Å². The minimum absolute atomic E-state index is 0.186. The van der Waals surface area contributed by atoms with Gasteiger partial charge in [0.15, 0.2) is 0 Å². The summed E-state index contributed by atoms with van der Waals surface area (Å²) < 4.78 is 5.22. The van der Waals surface area contributed by atoms with Crippen LogP contribution in [0.5, 0.6) is 0 Å². The lowest BCUT2D eigenvalue weighted by Gasteiger charge is -2.33. The molecule has 1 aliphatic rings. The summed E-state index contributed by atoms with van der Waals surface area (Å²) in [5, 5.41) is 8.97. The van der Waals surface area contributed by atoms with E-state index in [2.05, 4.69) is 11.0 Å². The zero-order valence-corrected chi connectivity index (χ0v) is 10.8. The molecule has 1 fully saturated rings. The van der Waals surface area contributed by atoms with Gasteiger partial charge in [-0.05, 0) is 52.1 Å². The van der Waals surface area contributed by atoms with E-state index < -0.39 is 0 Å². The molecule has 0 aromatic rings. The lowest BCUT2D eigenvalue weighted by Crippen LogP contribution is -2.38. The molecule has 0 spiro atoms. The fraction of sp³-hybridized carbons (Fsp3) is 0.923. The molecule has 1 saturated heterocycles. The lowest BCUT2D eigenvalue weighted by atomic mass is 9.90. The Morgan fingerprint density at radius 3 is 2.88 bits per heavy atom. The zero-order valence-electron chi connectivity index (χ0n) is 10.8.